The number of hydrogen-bond donors (Lipinski definition) is 2. The lowest BCUT2D eigenvalue weighted by Gasteiger charge is -2.38. The molecule has 4 rings (SSSR count). The zero-order chi connectivity index (χ0) is 23.1. The molecule has 9 heteroatoms. The first-order valence-corrected chi connectivity index (χ1v) is 11.0. The molecule has 0 spiro atoms. The second-order valence-corrected chi connectivity index (χ2v) is 8.10. The minimum Gasteiger partial charge on any atom is -0.481 e. The number of nitrogens with zero attached hydrogens (tertiary/aromatic N) is 2. The third-order valence-corrected chi connectivity index (χ3v) is 5.82. The molecule has 7 nitrogen and oxygen atoms in total. The highest BCUT2D eigenvalue weighted by molar-refractivity contribution is 7.80. The van der Waals surface area contributed by atoms with Crippen molar-refractivity contribution in [3.63, 3.8) is 0 Å². The van der Waals surface area contributed by atoms with Crippen molar-refractivity contribution in [2.75, 3.05) is 32.2 Å². The normalized spacial score (nSPS) is 14.8. The Labute approximate surface area is 197 Å². The molecular weight excluding hydrogens is 443 g/mol. The smallest absolute Gasteiger partial charge is 0.235 e. The third-order valence-electron chi connectivity index (χ3n) is 5.57. The SMILES string of the molecule is COc1cc(Oc2ccccc2)nc(NC(=S)NCC2(c3ccc(F)cc3)CCOCC2)n1. The number of nitrogens with one attached hydrogen (secondary N) is 2. The minimum atomic E-state index is -0.255. The quantitative estimate of drug-likeness (QED) is 0.493. The van der Waals surface area contributed by atoms with Crippen LogP contribution in [-0.2, 0) is 10.2 Å². The molecule has 1 aliphatic heterocycles. The van der Waals surface area contributed by atoms with E-state index in [1.54, 1.807) is 6.07 Å². The summed E-state index contributed by atoms with van der Waals surface area (Å²) in [6.45, 7) is 1.84. The van der Waals surface area contributed by atoms with Crippen molar-refractivity contribution >= 4 is 23.3 Å². The van der Waals surface area contributed by atoms with E-state index in [0.717, 1.165) is 18.4 Å². The van der Waals surface area contributed by atoms with Crippen LogP contribution >= 0.6 is 12.2 Å². The zero-order valence-corrected chi connectivity index (χ0v) is 19.0. The Morgan fingerprint density at radius 2 is 1.76 bits per heavy atom. The zero-order valence-electron chi connectivity index (χ0n) is 18.2. The van der Waals surface area contributed by atoms with Crippen molar-refractivity contribution in [3.05, 3.63) is 72.0 Å². The van der Waals surface area contributed by atoms with Gasteiger partial charge in [0.2, 0.25) is 17.7 Å². The molecule has 0 amide bonds. The lowest BCUT2D eigenvalue weighted by atomic mass is 9.74. The highest BCUT2D eigenvalue weighted by Gasteiger charge is 2.34. The Bertz CT molecular complexity index is 1080. The van der Waals surface area contributed by atoms with Crippen molar-refractivity contribution in [2.45, 2.75) is 18.3 Å². The van der Waals surface area contributed by atoms with Gasteiger partial charge in [0.05, 0.1) is 13.2 Å². The topological polar surface area (TPSA) is 77.5 Å². The summed E-state index contributed by atoms with van der Waals surface area (Å²) >= 11 is 5.50. The van der Waals surface area contributed by atoms with E-state index in [4.69, 9.17) is 26.4 Å². The molecule has 3 aromatic rings. The maximum Gasteiger partial charge on any atom is 0.235 e. The number of rotatable bonds is 7. The van der Waals surface area contributed by atoms with Crippen molar-refractivity contribution in [1.82, 2.24) is 15.3 Å². The summed E-state index contributed by atoms with van der Waals surface area (Å²) in [5.74, 6) is 1.31. The largest absolute Gasteiger partial charge is 0.481 e. The second kappa shape index (κ2) is 10.5. The summed E-state index contributed by atoms with van der Waals surface area (Å²) in [6, 6.07) is 17.5. The van der Waals surface area contributed by atoms with Crippen LogP contribution in [0.4, 0.5) is 10.3 Å². The van der Waals surface area contributed by atoms with Gasteiger partial charge in [-0.3, -0.25) is 0 Å². The summed E-state index contributed by atoms with van der Waals surface area (Å²) in [4.78, 5) is 8.68. The van der Waals surface area contributed by atoms with Gasteiger partial charge in [-0.05, 0) is 54.9 Å². The second-order valence-electron chi connectivity index (χ2n) is 7.69. The average molecular weight is 469 g/mol. The predicted molar refractivity (Wildman–Crippen MR) is 127 cm³/mol. The molecule has 0 radical (unpaired) electrons. The Morgan fingerprint density at radius 1 is 1.06 bits per heavy atom. The maximum absolute atomic E-state index is 13.5. The van der Waals surface area contributed by atoms with Crippen LogP contribution in [0.25, 0.3) is 0 Å². The highest BCUT2D eigenvalue weighted by atomic mass is 32.1. The molecule has 1 fully saturated rings. The van der Waals surface area contributed by atoms with Gasteiger partial charge in [0.1, 0.15) is 11.6 Å². The summed E-state index contributed by atoms with van der Waals surface area (Å²) in [5.41, 5.74) is 0.841. The molecule has 1 aliphatic rings. The number of anilines is 1. The fraction of sp³-hybridized carbons (Fsp3) is 0.292. The molecule has 0 saturated carbocycles. The number of aromatic nitrogens is 2. The van der Waals surface area contributed by atoms with Gasteiger partial charge >= 0.3 is 0 Å². The maximum atomic E-state index is 13.5. The van der Waals surface area contributed by atoms with E-state index in [9.17, 15) is 4.39 Å². The van der Waals surface area contributed by atoms with E-state index in [2.05, 4.69) is 20.6 Å². The van der Waals surface area contributed by atoms with E-state index < -0.39 is 0 Å². The molecule has 1 saturated heterocycles. The molecule has 0 aliphatic carbocycles. The molecule has 2 heterocycles. The van der Waals surface area contributed by atoms with E-state index >= 15 is 0 Å². The van der Waals surface area contributed by atoms with E-state index in [1.807, 2.05) is 42.5 Å². The number of benzene rings is 2. The molecule has 0 bridgehead atoms. The van der Waals surface area contributed by atoms with Gasteiger partial charge in [0.15, 0.2) is 5.11 Å². The molecular formula is C24H25FN4O3S. The number of halogens is 1. The van der Waals surface area contributed by atoms with Crippen LogP contribution in [0.15, 0.2) is 60.7 Å². The standard InChI is InChI=1S/C24H25FN4O3S/c1-30-20-15-21(32-19-5-3-2-4-6-19)28-22(27-20)29-23(33)26-16-24(11-13-31-14-12-24)17-7-9-18(25)10-8-17/h2-10,15H,11-14,16H2,1H3,(H2,26,27,28,29,33). The number of hydrogen-bond acceptors (Lipinski definition) is 6. The Hall–Kier alpha value is -3.30. The first-order valence-electron chi connectivity index (χ1n) is 10.6. The van der Waals surface area contributed by atoms with Crippen LogP contribution < -0.4 is 20.1 Å². The summed E-state index contributed by atoms with van der Waals surface area (Å²) in [7, 11) is 1.52. The van der Waals surface area contributed by atoms with Crippen molar-refractivity contribution in [2.24, 2.45) is 0 Å². The fourth-order valence-electron chi connectivity index (χ4n) is 3.75. The Balaban J connectivity index is 1.45. The van der Waals surface area contributed by atoms with Crippen LogP contribution in [0.3, 0.4) is 0 Å². The number of thiocarbonyl (C=S) groups is 1. The molecule has 2 aromatic carbocycles. The van der Waals surface area contributed by atoms with Gasteiger partial charge in [0.25, 0.3) is 0 Å². The lowest BCUT2D eigenvalue weighted by Crippen LogP contribution is -2.45. The van der Waals surface area contributed by atoms with E-state index in [-0.39, 0.29) is 17.2 Å². The molecule has 33 heavy (non-hydrogen) atoms. The van der Waals surface area contributed by atoms with Gasteiger partial charge in [-0.15, -0.1) is 0 Å². The van der Waals surface area contributed by atoms with Gasteiger partial charge in [-0.25, -0.2) is 4.39 Å². The van der Waals surface area contributed by atoms with Gasteiger partial charge in [0, 0.05) is 25.2 Å². The van der Waals surface area contributed by atoms with Crippen molar-refractivity contribution in [3.8, 4) is 17.5 Å². The fourth-order valence-corrected chi connectivity index (χ4v) is 3.92. The molecule has 1 aromatic heterocycles. The van der Waals surface area contributed by atoms with Crippen LogP contribution in [0.5, 0.6) is 17.5 Å². The van der Waals surface area contributed by atoms with Crippen LogP contribution in [0, 0.1) is 5.82 Å². The van der Waals surface area contributed by atoms with Crippen LogP contribution in [0.2, 0.25) is 0 Å². The summed E-state index contributed by atoms with van der Waals surface area (Å²) in [5, 5.41) is 6.64. The average Bonchev–Trinajstić information content (AvgIpc) is 2.84. The van der Waals surface area contributed by atoms with Crippen LogP contribution in [-0.4, -0.2) is 41.9 Å². The molecule has 172 valence electrons. The first-order chi connectivity index (χ1) is 16.1. The van der Waals surface area contributed by atoms with Crippen molar-refractivity contribution < 1.29 is 18.6 Å². The van der Waals surface area contributed by atoms with Gasteiger partial charge < -0.3 is 24.8 Å². The summed E-state index contributed by atoms with van der Waals surface area (Å²) in [6.07, 6.45) is 1.61. The molecule has 0 unspecified atom stereocenters. The van der Waals surface area contributed by atoms with Crippen molar-refractivity contribution in [1.29, 1.82) is 0 Å². The van der Waals surface area contributed by atoms with Gasteiger partial charge in [-0.1, -0.05) is 30.3 Å². The predicted octanol–water partition coefficient (Wildman–Crippen LogP) is 4.45. The summed E-state index contributed by atoms with van der Waals surface area (Å²) < 4.78 is 30.1. The third kappa shape index (κ3) is 5.94. The molecule has 0 atom stereocenters. The number of methoxy groups -OCH3 is 1. The number of ether oxygens (including phenoxy) is 3. The van der Waals surface area contributed by atoms with E-state index in [0.29, 0.717) is 42.4 Å². The first kappa shape index (κ1) is 22.9. The lowest BCUT2D eigenvalue weighted by molar-refractivity contribution is 0.0515. The molecule has 2 N–H and O–H groups in total. The minimum absolute atomic E-state index is 0.214. The van der Waals surface area contributed by atoms with E-state index in [1.165, 1.54) is 19.2 Å². The van der Waals surface area contributed by atoms with Gasteiger partial charge in [-0.2, -0.15) is 9.97 Å². The Kier molecular flexibility index (Phi) is 7.31. The Morgan fingerprint density at radius 3 is 2.45 bits per heavy atom. The number of para-hydroxylation sites is 1. The highest BCUT2D eigenvalue weighted by Crippen LogP contribution is 2.34. The van der Waals surface area contributed by atoms with Crippen LogP contribution in [0.1, 0.15) is 18.4 Å². The monoisotopic (exact) mass is 468 g/mol.